The number of hydrogen-bond acceptors (Lipinski definition) is 3. The summed E-state index contributed by atoms with van der Waals surface area (Å²) in [6, 6.07) is 2.25. The molecule has 0 amide bonds. The van der Waals surface area contributed by atoms with Gasteiger partial charge in [-0.1, -0.05) is 0 Å². The van der Waals surface area contributed by atoms with Gasteiger partial charge in [-0.05, 0) is 32.4 Å². The highest BCUT2D eigenvalue weighted by molar-refractivity contribution is 7.12. The van der Waals surface area contributed by atoms with Crippen molar-refractivity contribution in [2.24, 2.45) is 0 Å². The molecule has 0 aliphatic rings. The van der Waals surface area contributed by atoms with E-state index >= 15 is 0 Å². The molecule has 2 aromatic heterocycles. The predicted octanol–water partition coefficient (Wildman–Crippen LogP) is 3.81. The number of hydrogen-bond donors (Lipinski definition) is 1. The molecule has 2 aromatic rings. The van der Waals surface area contributed by atoms with Crippen LogP contribution < -0.4 is 5.32 Å². The molecule has 0 saturated heterocycles. The maximum absolute atomic E-state index is 12.7. The molecule has 1 unspecified atom stereocenters. The molecule has 19 heavy (non-hydrogen) atoms. The maximum Gasteiger partial charge on any atom is 0.319 e. The molecule has 2 heterocycles. The molecule has 0 aliphatic carbocycles. The molecule has 0 saturated carbocycles. The van der Waals surface area contributed by atoms with Crippen molar-refractivity contribution in [1.29, 1.82) is 0 Å². The number of imidazole rings is 1. The number of nitrogens with zero attached hydrogens (tertiary/aromatic N) is 2. The largest absolute Gasteiger partial charge is 0.319 e. The number of halogens is 2. The molecule has 6 heteroatoms. The van der Waals surface area contributed by atoms with Crippen LogP contribution in [-0.2, 0) is 6.54 Å². The Hall–Kier alpha value is -1.27. The van der Waals surface area contributed by atoms with Crippen molar-refractivity contribution in [3.8, 4) is 0 Å². The maximum atomic E-state index is 12.7. The summed E-state index contributed by atoms with van der Waals surface area (Å²) in [5, 5.41) is 3.24. The number of aromatic nitrogens is 2. The molecule has 1 N–H and O–H groups in total. The molecular weight excluding hydrogens is 268 g/mol. The van der Waals surface area contributed by atoms with E-state index in [0.29, 0.717) is 12.4 Å². The minimum atomic E-state index is -2.54. The summed E-state index contributed by atoms with van der Waals surface area (Å²) in [6.07, 6.45) is 2.69. The lowest BCUT2D eigenvalue weighted by Crippen LogP contribution is -2.21. The van der Waals surface area contributed by atoms with Gasteiger partial charge in [-0.25, -0.2) is 4.98 Å². The van der Waals surface area contributed by atoms with Crippen molar-refractivity contribution in [1.82, 2.24) is 14.9 Å². The van der Waals surface area contributed by atoms with Gasteiger partial charge in [-0.15, -0.1) is 11.3 Å². The Labute approximate surface area is 115 Å². The summed E-state index contributed by atoms with van der Waals surface area (Å²) in [4.78, 5) is 6.47. The molecule has 2 rings (SSSR count). The lowest BCUT2D eigenvalue weighted by atomic mass is 10.1. The number of aryl methyl sites for hydroxylation is 2. The first-order valence-electron chi connectivity index (χ1n) is 6.09. The number of thiophene rings is 1. The molecule has 0 aliphatic heterocycles. The zero-order chi connectivity index (χ0) is 14.0. The first-order chi connectivity index (χ1) is 8.99. The van der Waals surface area contributed by atoms with Gasteiger partial charge < -0.3 is 5.32 Å². The Kier molecular flexibility index (Phi) is 4.31. The minimum Gasteiger partial charge on any atom is -0.303 e. The molecule has 3 nitrogen and oxygen atoms in total. The van der Waals surface area contributed by atoms with E-state index < -0.39 is 6.55 Å². The number of nitrogens with one attached hydrogen (secondary N) is 1. The van der Waals surface area contributed by atoms with Crippen LogP contribution in [-0.4, -0.2) is 9.55 Å². The third kappa shape index (κ3) is 3.19. The normalized spacial score (nSPS) is 13.2. The lowest BCUT2D eigenvalue weighted by Gasteiger charge is -2.14. The van der Waals surface area contributed by atoms with Gasteiger partial charge in [0.05, 0.1) is 6.54 Å². The zero-order valence-electron chi connectivity index (χ0n) is 11.2. The Balaban J connectivity index is 2.02. The van der Waals surface area contributed by atoms with Gasteiger partial charge in [0, 0.05) is 28.2 Å². The standard InChI is InChI=1S/C13H17F2N3S/c1-8-6-11(10(3)19-8)9(2)17-7-12-16-4-5-18(12)13(14)15/h4-6,9,13,17H,7H2,1-3H3. The molecule has 0 aromatic carbocycles. The van der Waals surface area contributed by atoms with Crippen LogP contribution in [0.5, 0.6) is 0 Å². The monoisotopic (exact) mass is 285 g/mol. The molecule has 0 spiro atoms. The van der Waals surface area contributed by atoms with Crippen LogP contribution in [0.3, 0.4) is 0 Å². The second-order valence-corrected chi connectivity index (χ2v) is 5.96. The quantitative estimate of drug-likeness (QED) is 0.905. The molecular formula is C13H17F2N3S. The minimum absolute atomic E-state index is 0.118. The van der Waals surface area contributed by atoms with Gasteiger partial charge in [0.15, 0.2) is 0 Å². The van der Waals surface area contributed by atoms with Gasteiger partial charge in [0.2, 0.25) is 0 Å². The van der Waals surface area contributed by atoms with Gasteiger partial charge in [0.1, 0.15) is 5.82 Å². The summed E-state index contributed by atoms with van der Waals surface area (Å²) in [5.41, 5.74) is 1.22. The van der Waals surface area contributed by atoms with Crippen molar-refractivity contribution in [2.75, 3.05) is 0 Å². The average Bonchev–Trinajstić information content (AvgIpc) is 2.92. The first kappa shape index (κ1) is 14.1. The highest BCUT2D eigenvalue weighted by Gasteiger charge is 2.14. The summed E-state index contributed by atoms with van der Waals surface area (Å²) in [7, 11) is 0. The Morgan fingerprint density at radius 1 is 1.42 bits per heavy atom. The molecule has 104 valence electrons. The Bertz CT molecular complexity index is 548. The van der Waals surface area contributed by atoms with Gasteiger partial charge >= 0.3 is 6.55 Å². The highest BCUT2D eigenvalue weighted by atomic mass is 32.1. The highest BCUT2D eigenvalue weighted by Crippen LogP contribution is 2.26. The molecule has 0 bridgehead atoms. The van der Waals surface area contributed by atoms with Crippen molar-refractivity contribution < 1.29 is 8.78 Å². The van der Waals surface area contributed by atoms with E-state index in [4.69, 9.17) is 0 Å². The van der Waals surface area contributed by atoms with E-state index in [1.165, 1.54) is 27.7 Å². The van der Waals surface area contributed by atoms with E-state index in [2.05, 4.69) is 30.2 Å². The Morgan fingerprint density at radius 3 is 2.74 bits per heavy atom. The first-order valence-corrected chi connectivity index (χ1v) is 6.91. The van der Waals surface area contributed by atoms with Gasteiger partial charge in [-0.3, -0.25) is 4.57 Å². The Morgan fingerprint density at radius 2 is 2.16 bits per heavy atom. The summed E-state index contributed by atoms with van der Waals surface area (Å²) in [6.45, 7) is 3.96. The fourth-order valence-corrected chi connectivity index (χ4v) is 3.12. The van der Waals surface area contributed by atoms with Crippen molar-refractivity contribution in [2.45, 2.75) is 39.9 Å². The van der Waals surface area contributed by atoms with Crippen LogP contribution in [0.1, 0.15) is 40.7 Å². The fourth-order valence-electron chi connectivity index (χ4n) is 2.09. The molecule has 0 fully saturated rings. The van der Waals surface area contributed by atoms with E-state index in [-0.39, 0.29) is 6.04 Å². The van der Waals surface area contributed by atoms with Crippen molar-refractivity contribution >= 4 is 11.3 Å². The van der Waals surface area contributed by atoms with Crippen LogP contribution in [0, 0.1) is 13.8 Å². The molecule has 0 radical (unpaired) electrons. The number of alkyl halides is 2. The van der Waals surface area contributed by atoms with E-state index in [1.54, 1.807) is 11.3 Å². The smallest absolute Gasteiger partial charge is 0.303 e. The topological polar surface area (TPSA) is 29.9 Å². The third-order valence-electron chi connectivity index (χ3n) is 3.07. The third-order valence-corrected chi connectivity index (χ3v) is 4.05. The lowest BCUT2D eigenvalue weighted by molar-refractivity contribution is 0.0665. The van der Waals surface area contributed by atoms with Crippen LogP contribution in [0.4, 0.5) is 8.78 Å². The van der Waals surface area contributed by atoms with Crippen molar-refractivity contribution in [3.63, 3.8) is 0 Å². The SMILES string of the molecule is Cc1cc(C(C)NCc2nccn2C(F)F)c(C)s1. The van der Waals surface area contributed by atoms with Crippen LogP contribution >= 0.6 is 11.3 Å². The van der Waals surface area contributed by atoms with Crippen molar-refractivity contribution in [3.05, 3.63) is 39.6 Å². The summed E-state index contributed by atoms with van der Waals surface area (Å²) >= 11 is 1.75. The van der Waals surface area contributed by atoms with Crippen LogP contribution in [0.15, 0.2) is 18.5 Å². The van der Waals surface area contributed by atoms with Crippen LogP contribution in [0.2, 0.25) is 0 Å². The second kappa shape index (κ2) is 5.79. The average molecular weight is 285 g/mol. The van der Waals surface area contributed by atoms with Gasteiger partial charge in [-0.2, -0.15) is 8.78 Å². The van der Waals surface area contributed by atoms with Gasteiger partial charge in [0.25, 0.3) is 0 Å². The van der Waals surface area contributed by atoms with E-state index in [9.17, 15) is 8.78 Å². The summed E-state index contributed by atoms with van der Waals surface area (Å²) < 4.78 is 26.2. The molecule has 1 atom stereocenters. The number of rotatable bonds is 5. The van der Waals surface area contributed by atoms with Crippen LogP contribution in [0.25, 0.3) is 0 Å². The van der Waals surface area contributed by atoms with E-state index in [1.807, 2.05) is 6.92 Å². The van der Waals surface area contributed by atoms with E-state index in [0.717, 1.165) is 4.57 Å². The predicted molar refractivity (Wildman–Crippen MR) is 72.5 cm³/mol. The zero-order valence-corrected chi connectivity index (χ0v) is 12.0. The fraction of sp³-hybridized carbons (Fsp3) is 0.462. The summed E-state index contributed by atoms with van der Waals surface area (Å²) in [5.74, 6) is 0.353. The second-order valence-electron chi connectivity index (χ2n) is 4.50.